The highest BCUT2D eigenvalue weighted by atomic mass is 16.3. The third-order valence-electron chi connectivity index (χ3n) is 3.41. The van der Waals surface area contributed by atoms with E-state index in [0.29, 0.717) is 12.2 Å². The van der Waals surface area contributed by atoms with Crippen molar-refractivity contribution in [3.05, 3.63) is 23.5 Å². The van der Waals surface area contributed by atoms with E-state index >= 15 is 0 Å². The standard InChI is InChI=1S/C12H18N6O/c1-12(2,19)9-7-17(16-13-9)8-11-15-14-10-5-3-4-6-18(10)11/h7,19H,3-6,8H2,1-2H3. The molecular weight excluding hydrogens is 244 g/mol. The molecule has 0 fully saturated rings. The normalized spacial score (nSPS) is 15.5. The number of fused-ring (bicyclic) bond motifs is 1. The molecule has 0 amide bonds. The zero-order valence-corrected chi connectivity index (χ0v) is 11.2. The minimum Gasteiger partial charge on any atom is -0.384 e. The van der Waals surface area contributed by atoms with Crippen molar-refractivity contribution in [1.29, 1.82) is 0 Å². The van der Waals surface area contributed by atoms with Gasteiger partial charge in [0.2, 0.25) is 0 Å². The summed E-state index contributed by atoms with van der Waals surface area (Å²) in [7, 11) is 0. The van der Waals surface area contributed by atoms with Gasteiger partial charge < -0.3 is 9.67 Å². The van der Waals surface area contributed by atoms with Gasteiger partial charge in [-0.15, -0.1) is 15.3 Å². The summed E-state index contributed by atoms with van der Waals surface area (Å²) < 4.78 is 3.86. The number of hydrogen-bond acceptors (Lipinski definition) is 5. The second kappa shape index (κ2) is 4.41. The molecule has 0 unspecified atom stereocenters. The number of aryl methyl sites for hydroxylation is 1. The highest BCUT2D eigenvalue weighted by molar-refractivity contribution is 5.04. The molecule has 0 spiro atoms. The van der Waals surface area contributed by atoms with Crippen molar-refractivity contribution in [2.75, 3.05) is 0 Å². The van der Waals surface area contributed by atoms with E-state index in [1.807, 2.05) is 0 Å². The lowest BCUT2D eigenvalue weighted by atomic mass is 10.1. The second-order valence-electron chi connectivity index (χ2n) is 5.50. The molecule has 1 aliphatic rings. The molecule has 102 valence electrons. The SMILES string of the molecule is CC(C)(O)c1cn(Cc2nnc3n2CCCC3)nn1. The fourth-order valence-electron chi connectivity index (χ4n) is 2.29. The number of nitrogens with zero attached hydrogens (tertiary/aromatic N) is 6. The zero-order valence-electron chi connectivity index (χ0n) is 11.2. The van der Waals surface area contributed by atoms with Gasteiger partial charge in [0.05, 0.1) is 6.20 Å². The highest BCUT2D eigenvalue weighted by Crippen LogP contribution is 2.17. The van der Waals surface area contributed by atoms with E-state index < -0.39 is 5.60 Å². The lowest BCUT2D eigenvalue weighted by Gasteiger charge is -2.14. The number of rotatable bonds is 3. The van der Waals surface area contributed by atoms with Crippen molar-refractivity contribution in [1.82, 2.24) is 29.8 Å². The molecule has 7 nitrogen and oxygen atoms in total. The highest BCUT2D eigenvalue weighted by Gasteiger charge is 2.21. The fourth-order valence-corrected chi connectivity index (χ4v) is 2.29. The molecule has 1 aliphatic heterocycles. The van der Waals surface area contributed by atoms with Gasteiger partial charge in [0.25, 0.3) is 0 Å². The lowest BCUT2D eigenvalue weighted by Crippen LogP contribution is -2.16. The molecule has 0 aromatic carbocycles. The topological polar surface area (TPSA) is 81.6 Å². The molecule has 1 N–H and O–H groups in total. The van der Waals surface area contributed by atoms with Gasteiger partial charge in [-0.25, -0.2) is 4.68 Å². The Morgan fingerprint density at radius 3 is 2.84 bits per heavy atom. The Labute approximate surface area is 111 Å². The molecule has 0 radical (unpaired) electrons. The molecule has 0 bridgehead atoms. The van der Waals surface area contributed by atoms with Gasteiger partial charge in [0.1, 0.15) is 23.7 Å². The van der Waals surface area contributed by atoms with E-state index in [-0.39, 0.29) is 0 Å². The van der Waals surface area contributed by atoms with Gasteiger partial charge in [0.15, 0.2) is 5.82 Å². The minimum atomic E-state index is -0.970. The molecule has 19 heavy (non-hydrogen) atoms. The van der Waals surface area contributed by atoms with Crippen LogP contribution in [0.3, 0.4) is 0 Å². The van der Waals surface area contributed by atoms with Crippen LogP contribution in [0.2, 0.25) is 0 Å². The van der Waals surface area contributed by atoms with Gasteiger partial charge in [-0.3, -0.25) is 0 Å². The van der Waals surface area contributed by atoms with E-state index in [1.165, 1.54) is 12.8 Å². The van der Waals surface area contributed by atoms with Crippen LogP contribution in [0, 0.1) is 0 Å². The van der Waals surface area contributed by atoms with Crippen LogP contribution in [-0.2, 0) is 25.1 Å². The first-order chi connectivity index (χ1) is 9.04. The summed E-state index contributed by atoms with van der Waals surface area (Å²) in [5.74, 6) is 1.96. The van der Waals surface area contributed by atoms with E-state index in [4.69, 9.17) is 0 Å². The van der Waals surface area contributed by atoms with Crippen molar-refractivity contribution in [3.8, 4) is 0 Å². The Bertz CT molecular complexity index is 579. The van der Waals surface area contributed by atoms with E-state index in [1.54, 1.807) is 24.7 Å². The molecular formula is C12H18N6O. The van der Waals surface area contributed by atoms with Crippen LogP contribution in [0.25, 0.3) is 0 Å². The Kier molecular flexibility index (Phi) is 2.85. The third-order valence-corrected chi connectivity index (χ3v) is 3.41. The molecule has 2 aromatic heterocycles. The monoisotopic (exact) mass is 262 g/mol. The quantitative estimate of drug-likeness (QED) is 0.870. The summed E-state index contributed by atoms with van der Waals surface area (Å²) >= 11 is 0. The summed E-state index contributed by atoms with van der Waals surface area (Å²) in [4.78, 5) is 0. The van der Waals surface area contributed by atoms with Gasteiger partial charge >= 0.3 is 0 Å². The van der Waals surface area contributed by atoms with Gasteiger partial charge in [-0.2, -0.15) is 0 Å². The first kappa shape index (κ1) is 12.3. The summed E-state index contributed by atoms with van der Waals surface area (Å²) in [6.07, 6.45) is 5.11. The molecule has 0 saturated heterocycles. The fraction of sp³-hybridized carbons (Fsp3) is 0.667. The molecule has 3 heterocycles. The van der Waals surface area contributed by atoms with Crippen LogP contribution in [-0.4, -0.2) is 34.9 Å². The Balaban J connectivity index is 1.82. The number of aromatic nitrogens is 6. The summed E-state index contributed by atoms with van der Waals surface area (Å²) in [5, 5.41) is 26.3. The molecule has 0 saturated carbocycles. The number of hydrogen-bond donors (Lipinski definition) is 1. The van der Waals surface area contributed by atoms with Crippen LogP contribution in [0.1, 0.15) is 44.0 Å². The average molecular weight is 262 g/mol. The van der Waals surface area contributed by atoms with Crippen molar-refractivity contribution < 1.29 is 5.11 Å². The lowest BCUT2D eigenvalue weighted by molar-refractivity contribution is 0.0737. The first-order valence-corrected chi connectivity index (χ1v) is 6.58. The van der Waals surface area contributed by atoms with Crippen molar-refractivity contribution in [2.24, 2.45) is 0 Å². The van der Waals surface area contributed by atoms with E-state index in [2.05, 4.69) is 25.1 Å². The number of aliphatic hydroxyl groups is 1. The molecule has 0 atom stereocenters. The van der Waals surface area contributed by atoms with Crippen molar-refractivity contribution in [2.45, 2.75) is 51.8 Å². The van der Waals surface area contributed by atoms with Gasteiger partial charge in [-0.05, 0) is 26.7 Å². The minimum absolute atomic E-state index is 0.538. The van der Waals surface area contributed by atoms with Crippen LogP contribution in [0.5, 0.6) is 0 Å². The predicted molar refractivity (Wildman–Crippen MR) is 67.3 cm³/mol. The van der Waals surface area contributed by atoms with Crippen molar-refractivity contribution >= 4 is 0 Å². The zero-order chi connectivity index (χ0) is 13.5. The summed E-state index contributed by atoms with van der Waals surface area (Å²) in [6.45, 7) is 4.90. The Morgan fingerprint density at radius 2 is 2.11 bits per heavy atom. The van der Waals surface area contributed by atoms with Crippen LogP contribution >= 0.6 is 0 Å². The maximum Gasteiger partial charge on any atom is 0.154 e. The van der Waals surface area contributed by atoms with Crippen LogP contribution < -0.4 is 0 Å². The first-order valence-electron chi connectivity index (χ1n) is 6.58. The summed E-state index contributed by atoms with van der Waals surface area (Å²) in [6, 6.07) is 0. The van der Waals surface area contributed by atoms with E-state index in [0.717, 1.165) is 24.6 Å². The maximum absolute atomic E-state index is 9.87. The third kappa shape index (κ3) is 2.37. The molecule has 7 heteroatoms. The average Bonchev–Trinajstić information content (AvgIpc) is 2.97. The van der Waals surface area contributed by atoms with Gasteiger partial charge in [0, 0.05) is 13.0 Å². The van der Waals surface area contributed by atoms with Crippen molar-refractivity contribution in [3.63, 3.8) is 0 Å². The molecule has 0 aliphatic carbocycles. The van der Waals surface area contributed by atoms with Crippen LogP contribution in [0.15, 0.2) is 6.20 Å². The Hall–Kier alpha value is -1.76. The smallest absolute Gasteiger partial charge is 0.154 e. The van der Waals surface area contributed by atoms with Gasteiger partial charge in [-0.1, -0.05) is 5.21 Å². The Morgan fingerprint density at radius 1 is 1.26 bits per heavy atom. The second-order valence-corrected chi connectivity index (χ2v) is 5.50. The summed E-state index contributed by atoms with van der Waals surface area (Å²) in [5.41, 5.74) is -0.409. The van der Waals surface area contributed by atoms with E-state index in [9.17, 15) is 5.11 Å². The van der Waals surface area contributed by atoms with Crippen LogP contribution in [0.4, 0.5) is 0 Å². The predicted octanol–water partition coefficient (Wildman–Crippen LogP) is 0.482. The molecule has 3 rings (SSSR count). The largest absolute Gasteiger partial charge is 0.384 e. The maximum atomic E-state index is 9.87. The molecule has 2 aromatic rings.